The standard InChI is InChI=1S/C27H36N4O2S/c1-3-30-20-22(2)28-27(21-30)24-14-17-31(18-15-24)19-16-26(23-10-6-4-7-11-23)29-34(32,33)25-12-8-5-9-13-25/h4-13,20,24,26,29H,3,14-19,21H2,1-2H3/t26-/m1/s1. The molecular formula is C27H36N4O2S. The third kappa shape index (κ3) is 6.34. The summed E-state index contributed by atoms with van der Waals surface area (Å²) < 4.78 is 29.0. The third-order valence-electron chi connectivity index (χ3n) is 6.81. The molecule has 2 aliphatic rings. The molecule has 0 unspecified atom stereocenters. The first-order chi connectivity index (χ1) is 16.4. The molecule has 2 aromatic rings. The lowest BCUT2D eigenvalue weighted by Crippen LogP contribution is -2.41. The molecule has 1 saturated heterocycles. The molecule has 6 nitrogen and oxygen atoms in total. The predicted molar refractivity (Wildman–Crippen MR) is 138 cm³/mol. The Hall–Kier alpha value is -2.48. The van der Waals surface area contributed by atoms with Gasteiger partial charge in [0.1, 0.15) is 0 Å². The molecule has 182 valence electrons. The van der Waals surface area contributed by atoms with E-state index in [2.05, 4.69) is 34.6 Å². The van der Waals surface area contributed by atoms with Gasteiger partial charge in [-0.3, -0.25) is 4.99 Å². The monoisotopic (exact) mass is 480 g/mol. The molecule has 0 aliphatic carbocycles. The van der Waals surface area contributed by atoms with E-state index >= 15 is 0 Å². The van der Waals surface area contributed by atoms with E-state index in [1.165, 1.54) is 5.71 Å². The van der Waals surface area contributed by atoms with Crippen LogP contribution in [0.1, 0.15) is 44.7 Å². The second-order valence-corrected chi connectivity index (χ2v) is 11.0. The van der Waals surface area contributed by atoms with Crippen LogP contribution in [0.15, 0.2) is 82.4 Å². The fraction of sp³-hybridized carbons (Fsp3) is 0.444. The predicted octanol–water partition coefficient (Wildman–Crippen LogP) is 4.45. The van der Waals surface area contributed by atoms with Gasteiger partial charge in [-0.2, -0.15) is 0 Å². The molecule has 0 amide bonds. The summed E-state index contributed by atoms with van der Waals surface area (Å²) in [6.07, 6.45) is 5.09. The summed E-state index contributed by atoms with van der Waals surface area (Å²) in [4.78, 5) is 9.96. The van der Waals surface area contributed by atoms with Crippen molar-refractivity contribution in [1.82, 2.24) is 14.5 Å². The van der Waals surface area contributed by atoms with E-state index in [0.29, 0.717) is 10.8 Å². The molecule has 2 heterocycles. The lowest BCUT2D eigenvalue weighted by Gasteiger charge is -2.35. The summed E-state index contributed by atoms with van der Waals surface area (Å²) in [7, 11) is -3.59. The summed E-state index contributed by atoms with van der Waals surface area (Å²) in [5.41, 5.74) is 3.41. The molecule has 0 aromatic heterocycles. The third-order valence-corrected chi connectivity index (χ3v) is 8.29. The van der Waals surface area contributed by atoms with Crippen molar-refractivity contribution in [2.45, 2.75) is 44.0 Å². The van der Waals surface area contributed by atoms with Crippen LogP contribution >= 0.6 is 0 Å². The average Bonchev–Trinajstić information content (AvgIpc) is 2.87. The number of hydrogen-bond donors (Lipinski definition) is 1. The van der Waals surface area contributed by atoms with Gasteiger partial charge < -0.3 is 9.80 Å². The number of sulfonamides is 1. The Kier molecular flexibility index (Phi) is 8.19. The van der Waals surface area contributed by atoms with Crippen LogP contribution in [0.3, 0.4) is 0 Å². The second-order valence-electron chi connectivity index (χ2n) is 9.24. The van der Waals surface area contributed by atoms with Gasteiger partial charge in [-0.15, -0.1) is 0 Å². The van der Waals surface area contributed by atoms with Crippen molar-refractivity contribution in [1.29, 1.82) is 0 Å². The van der Waals surface area contributed by atoms with E-state index in [1.807, 2.05) is 36.4 Å². The van der Waals surface area contributed by atoms with Crippen LogP contribution in [0.5, 0.6) is 0 Å². The van der Waals surface area contributed by atoms with Gasteiger partial charge in [-0.05, 0) is 70.4 Å². The Morgan fingerprint density at radius 3 is 2.32 bits per heavy atom. The zero-order valence-electron chi connectivity index (χ0n) is 20.2. The van der Waals surface area contributed by atoms with Crippen LogP contribution in [0.4, 0.5) is 0 Å². The minimum absolute atomic E-state index is 0.266. The Balaban J connectivity index is 1.37. The molecule has 4 rings (SSSR count). The zero-order chi connectivity index (χ0) is 24.0. The quantitative estimate of drug-likeness (QED) is 0.576. The van der Waals surface area contributed by atoms with Crippen molar-refractivity contribution in [3.05, 3.63) is 78.1 Å². The first-order valence-corrected chi connectivity index (χ1v) is 13.8. The fourth-order valence-electron chi connectivity index (χ4n) is 4.87. The highest BCUT2D eigenvalue weighted by atomic mass is 32.2. The Morgan fingerprint density at radius 2 is 1.68 bits per heavy atom. The largest absolute Gasteiger partial charge is 0.371 e. The highest BCUT2D eigenvalue weighted by Gasteiger charge is 2.27. The molecule has 1 fully saturated rings. The molecule has 1 atom stereocenters. The molecule has 34 heavy (non-hydrogen) atoms. The first-order valence-electron chi connectivity index (χ1n) is 12.3. The summed E-state index contributed by atoms with van der Waals surface area (Å²) in [5.74, 6) is 0.537. The Bertz CT molecular complexity index is 1090. The van der Waals surface area contributed by atoms with Crippen LogP contribution in [0.25, 0.3) is 0 Å². The number of nitrogens with zero attached hydrogens (tertiary/aromatic N) is 3. The number of hydrogen-bond acceptors (Lipinski definition) is 5. The molecule has 7 heteroatoms. The van der Waals surface area contributed by atoms with Gasteiger partial charge in [0.15, 0.2) is 0 Å². The maximum atomic E-state index is 13.0. The number of aliphatic imine (C=N–C) groups is 1. The van der Waals surface area contributed by atoms with Crippen LogP contribution in [-0.2, 0) is 10.0 Å². The molecule has 1 N–H and O–H groups in total. The van der Waals surface area contributed by atoms with E-state index in [1.54, 1.807) is 24.3 Å². The van der Waals surface area contributed by atoms with E-state index in [-0.39, 0.29) is 6.04 Å². The summed E-state index contributed by atoms with van der Waals surface area (Å²) in [6.45, 7) is 9.11. The lowest BCUT2D eigenvalue weighted by molar-refractivity contribution is 0.200. The summed E-state index contributed by atoms with van der Waals surface area (Å²) in [6, 6.07) is 18.2. The first kappa shape index (κ1) is 24.6. The number of likely N-dealkylation sites (tertiary alicyclic amines) is 1. The lowest BCUT2D eigenvalue weighted by atomic mass is 9.90. The second kappa shape index (κ2) is 11.3. The van der Waals surface area contributed by atoms with Crippen molar-refractivity contribution in [3.63, 3.8) is 0 Å². The molecular weight excluding hydrogens is 444 g/mol. The van der Waals surface area contributed by atoms with Gasteiger partial charge >= 0.3 is 0 Å². The van der Waals surface area contributed by atoms with Crippen molar-refractivity contribution in [2.24, 2.45) is 10.9 Å². The van der Waals surface area contributed by atoms with Crippen LogP contribution in [0.2, 0.25) is 0 Å². The molecule has 0 spiro atoms. The highest BCUT2D eigenvalue weighted by Crippen LogP contribution is 2.25. The van der Waals surface area contributed by atoms with Gasteiger partial charge in [0.2, 0.25) is 10.0 Å². The molecule has 2 aliphatic heterocycles. The van der Waals surface area contributed by atoms with Gasteiger partial charge in [0.05, 0.1) is 17.1 Å². The minimum atomic E-state index is -3.59. The summed E-state index contributed by atoms with van der Waals surface area (Å²) >= 11 is 0. The fourth-order valence-corrected chi connectivity index (χ4v) is 6.15. The average molecular weight is 481 g/mol. The van der Waals surface area contributed by atoms with Gasteiger partial charge in [0, 0.05) is 30.4 Å². The maximum Gasteiger partial charge on any atom is 0.241 e. The van der Waals surface area contributed by atoms with Crippen molar-refractivity contribution in [2.75, 3.05) is 32.7 Å². The zero-order valence-corrected chi connectivity index (χ0v) is 21.0. The van der Waals surface area contributed by atoms with Crippen LogP contribution in [-0.4, -0.2) is 56.7 Å². The van der Waals surface area contributed by atoms with Crippen LogP contribution < -0.4 is 4.72 Å². The number of allylic oxidation sites excluding steroid dienone is 1. The smallest absolute Gasteiger partial charge is 0.241 e. The van der Waals surface area contributed by atoms with Crippen molar-refractivity contribution < 1.29 is 8.42 Å². The SMILES string of the molecule is CCN1C=C(C)N=C(C2CCN(CC[C@@H](NS(=O)(=O)c3ccccc3)c3ccccc3)CC2)C1. The van der Waals surface area contributed by atoms with Crippen molar-refractivity contribution >= 4 is 15.7 Å². The van der Waals surface area contributed by atoms with E-state index < -0.39 is 10.0 Å². The molecule has 0 saturated carbocycles. The molecule has 2 aromatic carbocycles. The maximum absolute atomic E-state index is 13.0. The molecule has 0 radical (unpaired) electrons. The Morgan fingerprint density at radius 1 is 1.03 bits per heavy atom. The molecule has 0 bridgehead atoms. The van der Waals surface area contributed by atoms with E-state index in [0.717, 1.165) is 63.2 Å². The topological polar surface area (TPSA) is 65.0 Å². The van der Waals surface area contributed by atoms with Crippen LogP contribution in [0, 0.1) is 5.92 Å². The van der Waals surface area contributed by atoms with E-state index in [9.17, 15) is 8.42 Å². The number of benzene rings is 2. The Labute approximate surface area is 204 Å². The summed E-state index contributed by atoms with van der Waals surface area (Å²) in [5, 5.41) is 0. The van der Waals surface area contributed by atoms with Crippen molar-refractivity contribution in [3.8, 4) is 0 Å². The van der Waals surface area contributed by atoms with Gasteiger partial charge in [-0.25, -0.2) is 13.1 Å². The van der Waals surface area contributed by atoms with Gasteiger partial charge in [-0.1, -0.05) is 48.5 Å². The van der Waals surface area contributed by atoms with E-state index in [4.69, 9.17) is 4.99 Å². The minimum Gasteiger partial charge on any atom is -0.371 e. The number of nitrogens with one attached hydrogen (secondary N) is 1. The highest BCUT2D eigenvalue weighted by molar-refractivity contribution is 7.89. The number of piperidine rings is 1. The van der Waals surface area contributed by atoms with Gasteiger partial charge in [0.25, 0.3) is 0 Å². The number of rotatable bonds is 9. The normalized spacial score (nSPS) is 18.9.